The number of fused-ring (bicyclic) bond motifs is 2. The Morgan fingerprint density at radius 1 is 0.857 bits per heavy atom. The van der Waals surface area contributed by atoms with Gasteiger partial charge in [-0.1, -0.05) is 78.3 Å². The van der Waals surface area contributed by atoms with E-state index < -0.39 is 113 Å². The van der Waals surface area contributed by atoms with Gasteiger partial charge in [0.25, 0.3) is 23.5 Å². The van der Waals surface area contributed by atoms with Crippen LogP contribution in [0.1, 0.15) is 128 Å². The van der Waals surface area contributed by atoms with Crippen molar-refractivity contribution in [1.82, 2.24) is 30.7 Å². The second-order valence-corrected chi connectivity index (χ2v) is 29.2. The summed E-state index contributed by atoms with van der Waals surface area (Å²) in [6.07, 6.45) is 8.33. The molecule has 4 bridgehead atoms. The Bertz CT molecular complexity index is 4320. The van der Waals surface area contributed by atoms with Crippen molar-refractivity contribution in [3.05, 3.63) is 118 Å². The predicted molar refractivity (Wildman–Crippen MR) is 396 cm³/mol. The maximum atomic E-state index is 15.0. The molecule has 11 N–H and O–H groups in total. The molecule has 0 spiro atoms. The Morgan fingerprint density at radius 2 is 1.53 bits per heavy atom. The molecule has 29 heteroatoms. The van der Waals surface area contributed by atoms with Crippen LogP contribution in [-0.4, -0.2) is 177 Å². The molecule has 0 aliphatic carbocycles. The summed E-state index contributed by atoms with van der Waals surface area (Å²) in [7, 11) is 3.11. The maximum absolute atomic E-state index is 15.0. The van der Waals surface area contributed by atoms with E-state index in [1.807, 2.05) is 12.1 Å². The van der Waals surface area contributed by atoms with Gasteiger partial charge in [-0.2, -0.15) is 0 Å². The summed E-state index contributed by atoms with van der Waals surface area (Å²) in [5.74, 6) is -9.35. The molecule has 0 radical (unpaired) electrons. The first-order chi connectivity index (χ1) is 49.8. The van der Waals surface area contributed by atoms with Crippen molar-refractivity contribution in [3.8, 4) is 11.5 Å². The number of benzene rings is 4. The van der Waals surface area contributed by atoms with Crippen molar-refractivity contribution in [2.45, 2.75) is 169 Å². The zero-order valence-corrected chi connectivity index (χ0v) is 61.8. The number of carbonyl (C=O) groups is 9. The fraction of sp³-hybridized carbons (Fsp3) is 0.487. The van der Waals surface area contributed by atoms with E-state index in [-0.39, 0.29) is 118 Å². The van der Waals surface area contributed by atoms with Crippen molar-refractivity contribution >= 4 is 113 Å². The highest BCUT2D eigenvalue weighted by Crippen LogP contribution is 2.50. The van der Waals surface area contributed by atoms with Gasteiger partial charge >= 0.3 is 17.9 Å². The highest BCUT2D eigenvalue weighted by atomic mass is 32.1. The first-order valence-electron chi connectivity index (χ1n) is 35.5. The van der Waals surface area contributed by atoms with E-state index in [1.165, 1.54) is 62.9 Å². The number of aliphatic hydroxyl groups is 3. The molecule has 9 rings (SSSR count). The molecule has 4 aliphatic rings. The number of carbonyl (C=O) groups excluding carboxylic acids is 9. The number of ether oxygens (including phenoxy) is 4. The number of unbranched alkanes of at least 4 members (excludes halogenated alkanes) is 2. The summed E-state index contributed by atoms with van der Waals surface area (Å²) in [6, 6.07) is 9.18. The number of nitrogens with two attached hydrogens (primary N) is 1. The van der Waals surface area contributed by atoms with Crippen molar-refractivity contribution in [2.75, 3.05) is 55.9 Å². The molecular formula is C76H96N10O18S. The second-order valence-electron chi connectivity index (χ2n) is 28.1. The third kappa shape index (κ3) is 18.1. The van der Waals surface area contributed by atoms with Gasteiger partial charge in [-0.25, -0.2) is 14.6 Å². The number of rotatable bonds is 21. The lowest BCUT2D eigenvalue weighted by Crippen LogP contribution is -2.54. The number of Topliss-reactive ketones (excluding diaryl/α,β-unsaturated/α-hetero) is 1. The summed E-state index contributed by atoms with van der Waals surface area (Å²) < 4.78 is 24.8. The maximum Gasteiger partial charge on any atom is 0.410 e. The van der Waals surface area contributed by atoms with Crippen molar-refractivity contribution in [2.24, 2.45) is 35.3 Å². The lowest BCUT2D eigenvalue weighted by molar-refractivity contribution is -0.137. The number of nitrogens with zero attached hydrogens (tertiary/aromatic N) is 4. The van der Waals surface area contributed by atoms with Gasteiger partial charge in [-0.3, -0.25) is 43.3 Å². The highest BCUT2D eigenvalue weighted by molar-refractivity contribution is 7.25. The molecule has 105 heavy (non-hydrogen) atoms. The normalized spacial score (nSPS) is 24.2. The smallest absolute Gasteiger partial charge is 0.410 e. The number of hydrogen-bond acceptors (Lipinski definition) is 21. The van der Waals surface area contributed by atoms with E-state index in [9.17, 15) is 68.4 Å². The number of anilines is 3. The SMILES string of the molecule is CO[C@H]1/C=C/O[C@@]2(C)Oc3c(C)c(=O)c4c(O)c(c5sc6cc(N7CCC(N(C)C(=O)OCc8ccc(NC(=O)[C@H](CCCNC(N)=O)NC(=O)[C@@H](NC(=O)CCCCCN9C(=O)C=CC9=O)C(C)C)cc8)CC7)ccc6nc5c4c3C2=O)NC(=O)/C(C)=C\C=C\[C@H](C)[C@H](O)[C@@H](C)[C@@H](O)[C@@H](C)[C@H](O)[C@@H]1C. The van der Waals surface area contributed by atoms with E-state index in [4.69, 9.17) is 29.7 Å². The number of primary amides is 1. The average molecular weight is 1470 g/mol. The third-order valence-corrected chi connectivity index (χ3v) is 21.5. The topological polar surface area (TPSA) is 397 Å². The minimum atomic E-state index is -2.06. The van der Waals surface area contributed by atoms with Gasteiger partial charge in [-0.15, -0.1) is 11.3 Å². The molecule has 4 aromatic carbocycles. The average Bonchev–Trinajstić information content (AvgIpc) is 1.64. The van der Waals surface area contributed by atoms with Crippen molar-refractivity contribution in [1.29, 1.82) is 0 Å². The van der Waals surface area contributed by atoms with Crippen LogP contribution in [0.25, 0.3) is 31.2 Å². The number of nitrogens with one attached hydrogen (secondary N) is 5. The number of urea groups is 1. The number of aromatic hydroxyl groups is 1. The minimum Gasteiger partial charge on any atom is -0.505 e. The van der Waals surface area contributed by atoms with Crippen LogP contribution >= 0.6 is 11.3 Å². The quantitative estimate of drug-likeness (QED) is 0.0111. The molecule has 11 atom stereocenters. The number of aliphatic hydroxyl groups excluding tert-OH is 3. The Hall–Kier alpha value is -9.81. The summed E-state index contributed by atoms with van der Waals surface area (Å²) in [6.45, 7) is 16.1. The molecule has 0 saturated carbocycles. The molecule has 1 aromatic heterocycles. The lowest BCUT2D eigenvalue weighted by atomic mass is 9.78. The molecule has 28 nitrogen and oxygen atoms in total. The molecule has 4 aliphatic heterocycles. The van der Waals surface area contributed by atoms with Crippen LogP contribution in [0.15, 0.2) is 95.6 Å². The zero-order valence-electron chi connectivity index (χ0n) is 61.0. The summed E-state index contributed by atoms with van der Waals surface area (Å²) in [5.41, 5.74) is 6.91. The number of aromatic nitrogens is 1. The highest BCUT2D eigenvalue weighted by Gasteiger charge is 2.50. The van der Waals surface area contributed by atoms with Crippen LogP contribution in [0, 0.1) is 36.5 Å². The van der Waals surface area contributed by atoms with Gasteiger partial charge in [0.15, 0.2) is 11.2 Å². The summed E-state index contributed by atoms with van der Waals surface area (Å²) >= 11 is 1.17. The molecular weight excluding hydrogens is 1370 g/mol. The number of allylic oxidation sites excluding steroid dienone is 2. The summed E-state index contributed by atoms with van der Waals surface area (Å²) in [5, 5.41) is 60.3. The largest absolute Gasteiger partial charge is 0.505 e. The first-order valence-corrected chi connectivity index (χ1v) is 36.3. The number of ketones is 1. The van der Waals surface area contributed by atoms with E-state index >= 15 is 0 Å². The number of amides is 9. The molecule has 9 amide bonds. The Morgan fingerprint density at radius 3 is 2.20 bits per heavy atom. The van der Waals surface area contributed by atoms with E-state index in [2.05, 4.69) is 31.5 Å². The van der Waals surface area contributed by atoms with Crippen LogP contribution < -0.4 is 47.4 Å². The number of piperidine rings is 1. The second kappa shape index (κ2) is 34.4. The lowest BCUT2D eigenvalue weighted by Gasteiger charge is -2.37. The van der Waals surface area contributed by atoms with Crippen LogP contribution in [0.3, 0.4) is 0 Å². The van der Waals surface area contributed by atoms with Crippen LogP contribution in [0.2, 0.25) is 0 Å². The monoisotopic (exact) mass is 1470 g/mol. The van der Waals surface area contributed by atoms with E-state index in [1.54, 1.807) is 103 Å². The fourth-order valence-electron chi connectivity index (χ4n) is 13.6. The van der Waals surface area contributed by atoms with Gasteiger partial charge in [0.2, 0.25) is 17.7 Å². The van der Waals surface area contributed by atoms with Gasteiger partial charge in [0.05, 0.1) is 62.1 Å². The molecule has 564 valence electrons. The molecule has 1 fully saturated rings. The molecule has 5 heterocycles. The number of hydrogen-bond donors (Lipinski definition) is 10. The number of imide groups is 1. The zero-order chi connectivity index (χ0) is 76.5. The first kappa shape index (κ1) is 79.3. The third-order valence-electron chi connectivity index (χ3n) is 20.4. The Kier molecular flexibility index (Phi) is 26.0. The van der Waals surface area contributed by atoms with E-state index in [0.29, 0.717) is 66.7 Å². The number of phenolic OH excluding ortho intramolecular Hbond substituents is 1. The van der Waals surface area contributed by atoms with Crippen LogP contribution in [0.5, 0.6) is 11.5 Å². The predicted octanol–water partition coefficient (Wildman–Crippen LogP) is 7.63. The molecule has 0 unspecified atom stereocenters. The van der Waals surface area contributed by atoms with Crippen LogP contribution in [0.4, 0.5) is 26.7 Å². The van der Waals surface area contributed by atoms with Gasteiger partial charge < -0.3 is 81.5 Å². The van der Waals surface area contributed by atoms with Crippen LogP contribution in [-0.2, 0) is 49.6 Å². The number of methoxy groups -OCH3 is 1. The molecule has 5 aromatic rings. The molecule has 1 saturated heterocycles. The van der Waals surface area contributed by atoms with Gasteiger partial charge in [-0.05, 0) is 100 Å². The Labute approximate surface area is 612 Å². The van der Waals surface area contributed by atoms with Gasteiger partial charge in [0, 0.05) is 123 Å². The van der Waals surface area contributed by atoms with Gasteiger partial charge in [0.1, 0.15) is 30.1 Å². The summed E-state index contributed by atoms with van der Waals surface area (Å²) in [4.78, 5) is 143. The van der Waals surface area contributed by atoms with E-state index in [0.717, 1.165) is 10.6 Å². The Balaban J connectivity index is 0.872. The van der Waals surface area contributed by atoms with Crippen molar-refractivity contribution in [3.63, 3.8) is 0 Å². The minimum absolute atomic E-state index is 0.0125. The fourth-order valence-corrected chi connectivity index (χ4v) is 14.7. The van der Waals surface area contributed by atoms with Crippen molar-refractivity contribution < 1.29 is 82.5 Å². The standard InChI is InChI=1S/C76H96N10O18S/c1-39(2)60(82-54(87)20-13-12-14-33-86-55(88)27-28-56(86)89)73(98)81-51(19-16-32-78-74(77)99)72(97)79-47-23-21-46(22-24-47)38-102-75(100)84(10)48-29-34-85(35-30-48)49-25-26-50-53(37-49)105-69-61(80-50)57-58-66(93)45(8)68-59(57)70(95)76(9,104-68)103-36-31-52(101-11)42(5)64(91)44(7)65(92)43(6)63(90)40(3)17-15-18-41(4)71(96)83-62(69)67(58)94/h15,17-18,21-28,31,36-37,39-40,42-44,48,51-52,60,63-65,90-92,94H,12-14,16,19-20,29-30,32-35,38H2,1-11H3,(H,79,97)(H,81,98)(H,82,87)(H,83,96)(H3,77,78,99)/b17-15+,36-31+,41-18-/t40-,42+,43+,44-,51-,52-,60-,63-,64+,65+,76-/m0/s1. The number of phenols is 1.